The number of benzene rings is 1. The number of thiocarbonyl (C=S) groups is 1. The van der Waals surface area contributed by atoms with Crippen LogP contribution in [0.5, 0.6) is 0 Å². The third kappa shape index (κ3) is 7.54. The largest absolute Gasteiger partial charge is 0.0837 e. The zero-order chi connectivity index (χ0) is 16.3. The minimum absolute atomic E-state index is 0.137. The fraction of sp³-hybridized carbons (Fsp3) is 0.667. The molecule has 22 heavy (non-hydrogen) atoms. The van der Waals surface area contributed by atoms with Gasteiger partial charge in [-0.2, -0.15) is 0 Å². The highest BCUT2D eigenvalue weighted by atomic mass is 32.1. The first-order valence-corrected chi connectivity index (χ1v) is 9.58. The highest BCUT2D eigenvalue weighted by molar-refractivity contribution is 7.81. The summed E-state index contributed by atoms with van der Waals surface area (Å²) in [5.41, 5.74) is 1.36. The first-order valence-electron chi connectivity index (χ1n) is 9.18. The predicted molar refractivity (Wildman–Crippen MR) is 104 cm³/mol. The van der Waals surface area contributed by atoms with Crippen LogP contribution in [0.15, 0.2) is 30.3 Å². The van der Waals surface area contributed by atoms with E-state index in [4.69, 9.17) is 12.2 Å². The first kappa shape index (κ1) is 19.4. The molecule has 124 valence electrons. The predicted octanol–water partition coefficient (Wildman–Crippen LogP) is 7.35. The second-order valence-electron chi connectivity index (χ2n) is 7.16. The summed E-state index contributed by atoms with van der Waals surface area (Å²) in [6, 6.07) is 10.5. The summed E-state index contributed by atoms with van der Waals surface area (Å²) in [7, 11) is 0. The van der Waals surface area contributed by atoms with E-state index in [9.17, 15) is 0 Å². The molecule has 0 N–H and O–H groups in total. The smallest absolute Gasteiger partial charge is 0.0280 e. The van der Waals surface area contributed by atoms with Crippen LogP contribution in [0.25, 0.3) is 0 Å². The Hall–Kier alpha value is -0.690. The van der Waals surface area contributed by atoms with Crippen molar-refractivity contribution in [3.63, 3.8) is 0 Å². The van der Waals surface area contributed by atoms with Crippen LogP contribution in [0, 0.1) is 5.41 Å². The third-order valence-corrected chi connectivity index (χ3v) is 5.34. The molecule has 0 nitrogen and oxygen atoms in total. The van der Waals surface area contributed by atoms with Gasteiger partial charge in [-0.1, -0.05) is 121 Å². The van der Waals surface area contributed by atoms with Crippen LogP contribution in [0.3, 0.4) is 0 Å². The summed E-state index contributed by atoms with van der Waals surface area (Å²) in [5, 5.41) is 0. The molecule has 0 fully saturated rings. The van der Waals surface area contributed by atoms with Crippen LogP contribution in [-0.4, -0.2) is 4.86 Å². The molecule has 0 aliphatic carbocycles. The van der Waals surface area contributed by atoms with Gasteiger partial charge < -0.3 is 0 Å². The lowest BCUT2D eigenvalue weighted by molar-refractivity contribution is 0.442. The van der Waals surface area contributed by atoms with E-state index in [-0.39, 0.29) is 5.41 Å². The molecule has 1 rings (SSSR count). The minimum atomic E-state index is 0.137. The summed E-state index contributed by atoms with van der Waals surface area (Å²) < 4.78 is 0. The van der Waals surface area contributed by atoms with Crippen LogP contribution in [0.2, 0.25) is 0 Å². The van der Waals surface area contributed by atoms with Gasteiger partial charge in [0.25, 0.3) is 0 Å². The van der Waals surface area contributed by atoms with Crippen molar-refractivity contribution in [3.8, 4) is 0 Å². The zero-order valence-corrected chi connectivity index (χ0v) is 15.7. The maximum atomic E-state index is 5.72. The van der Waals surface area contributed by atoms with Gasteiger partial charge >= 0.3 is 0 Å². The van der Waals surface area contributed by atoms with E-state index < -0.39 is 0 Å². The van der Waals surface area contributed by atoms with E-state index in [1.807, 2.05) is 0 Å². The number of rotatable bonds is 12. The van der Waals surface area contributed by atoms with Crippen LogP contribution in [0.4, 0.5) is 0 Å². The molecule has 1 aromatic carbocycles. The molecule has 0 aromatic heterocycles. The summed E-state index contributed by atoms with van der Waals surface area (Å²) in [6.45, 7) is 6.88. The SMILES string of the molecule is CCCCCCCCCCCC(C)(C)C(=S)c1ccccc1. The van der Waals surface area contributed by atoms with Gasteiger partial charge in [-0.15, -0.1) is 0 Å². The molecule has 1 aromatic rings. The minimum Gasteiger partial charge on any atom is -0.0837 e. The normalized spacial score (nSPS) is 11.6. The highest BCUT2D eigenvalue weighted by Crippen LogP contribution is 2.29. The molecule has 0 bridgehead atoms. The second kappa shape index (κ2) is 10.9. The van der Waals surface area contributed by atoms with Gasteiger partial charge in [0, 0.05) is 10.3 Å². The summed E-state index contributed by atoms with van der Waals surface area (Å²) in [4.78, 5) is 1.12. The molecular formula is C21H34S. The van der Waals surface area contributed by atoms with Crippen molar-refractivity contribution in [3.05, 3.63) is 35.9 Å². The Kier molecular flexibility index (Phi) is 9.63. The second-order valence-corrected chi connectivity index (χ2v) is 7.57. The Labute approximate surface area is 143 Å². The van der Waals surface area contributed by atoms with Crippen molar-refractivity contribution in [1.82, 2.24) is 0 Å². The number of unbranched alkanes of at least 4 members (excludes halogenated alkanes) is 8. The molecule has 0 saturated carbocycles. The van der Waals surface area contributed by atoms with E-state index in [2.05, 4.69) is 51.1 Å². The molecule has 0 amide bonds. The van der Waals surface area contributed by atoms with Gasteiger partial charge in [-0.25, -0.2) is 0 Å². The molecule has 0 aliphatic rings. The Morgan fingerprint density at radius 1 is 0.818 bits per heavy atom. The van der Waals surface area contributed by atoms with Gasteiger partial charge in [0.15, 0.2) is 0 Å². The lowest BCUT2D eigenvalue weighted by Crippen LogP contribution is -2.23. The topological polar surface area (TPSA) is 0 Å². The maximum absolute atomic E-state index is 5.72. The molecule has 1 heteroatoms. The first-order chi connectivity index (χ1) is 10.6. The monoisotopic (exact) mass is 318 g/mol. The lowest BCUT2D eigenvalue weighted by Gasteiger charge is -2.26. The molecule has 0 radical (unpaired) electrons. The van der Waals surface area contributed by atoms with Gasteiger partial charge in [0.2, 0.25) is 0 Å². The standard InChI is InChI=1S/C21H34S/c1-4-5-6-7-8-9-10-11-15-18-21(2,3)20(22)19-16-13-12-14-17-19/h12-14,16-17H,4-11,15,18H2,1-3H3. The van der Waals surface area contributed by atoms with E-state index >= 15 is 0 Å². The van der Waals surface area contributed by atoms with E-state index in [0.717, 1.165) is 4.86 Å². The van der Waals surface area contributed by atoms with Crippen molar-refractivity contribution < 1.29 is 0 Å². The molecule has 0 heterocycles. The van der Waals surface area contributed by atoms with Crippen LogP contribution in [-0.2, 0) is 0 Å². The highest BCUT2D eigenvalue weighted by Gasteiger charge is 2.23. The fourth-order valence-corrected chi connectivity index (χ4v) is 3.21. The molecular weight excluding hydrogens is 284 g/mol. The molecule has 0 saturated heterocycles. The van der Waals surface area contributed by atoms with Gasteiger partial charge in [0.1, 0.15) is 0 Å². The number of hydrogen-bond acceptors (Lipinski definition) is 1. The Morgan fingerprint density at radius 3 is 1.86 bits per heavy atom. The van der Waals surface area contributed by atoms with Crippen molar-refractivity contribution in [2.24, 2.45) is 5.41 Å². The summed E-state index contributed by atoms with van der Waals surface area (Å²) in [5.74, 6) is 0. The Bertz CT molecular complexity index is 405. The summed E-state index contributed by atoms with van der Waals surface area (Å²) in [6.07, 6.45) is 13.7. The molecule has 0 aliphatic heterocycles. The van der Waals surface area contributed by atoms with Crippen LogP contribution in [0.1, 0.15) is 90.5 Å². The zero-order valence-electron chi connectivity index (χ0n) is 14.9. The Morgan fingerprint density at radius 2 is 1.32 bits per heavy atom. The van der Waals surface area contributed by atoms with Gasteiger partial charge in [-0.3, -0.25) is 0 Å². The average molecular weight is 319 g/mol. The average Bonchev–Trinajstić information content (AvgIpc) is 2.53. The van der Waals surface area contributed by atoms with Crippen LogP contribution < -0.4 is 0 Å². The van der Waals surface area contributed by atoms with Gasteiger partial charge in [0.05, 0.1) is 0 Å². The third-order valence-electron chi connectivity index (χ3n) is 4.56. The summed E-state index contributed by atoms with van der Waals surface area (Å²) >= 11 is 5.72. The maximum Gasteiger partial charge on any atom is 0.0280 e. The quantitative estimate of drug-likeness (QED) is 0.220. The number of hydrogen-bond donors (Lipinski definition) is 0. The van der Waals surface area contributed by atoms with Crippen molar-refractivity contribution >= 4 is 17.1 Å². The molecule has 0 unspecified atom stereocenters. The van der Waals surface area contributed by atoms with E-state index in [0.29, 0.717) is 0 Å². The van der Waals surface area contributed by atoms with Crippen molar-refractivity contribution in [2.75, 3.05) is 0 Å². The van der Waals surface area contributed by atoms with Crippen molar-refractivity contribution in [2.45, 2.75) is 85.0 Å². The molecule has 0 spiro atoms. The van der Waals surface area contributed by atoms with E-state index in [1.54, 1.807) is 0 Å². The molecule has 0 atom stereocenters. The Balaban J connectivity index is 2.16. The fourth-order valence-electron chi connectivity index (χ4n) is 2.97. The lowest BCUT2D eigenvalue weighted by atomic mass is 9.80. The van der Waals surface area contributed by atoms with Crippen molar-refractivity contribution in [1.29, 1.82) is 0 Å². The van der Waals surface area contributed by atoms with E-state index in [1.165, 1.54) is 69.8 Å². The van der Waals surface area contributed by atoms with Gasteiger partial charge in [-0.05, 0) is 12.0 Å². The van der Waals surface area contributed by atoms with Crippen LogP contribution >= 0.6 is 12.2 Å².